The van der Waals surface area contributed by atoms with Crippen molar-refractivity contribution >= 4 is 5.91 Å². The first-order valence-electron chi connectivity index (χ1n) is 7.88. The molecule has 22 heavy (non-hydrogen) atoms. The Hall–Kier alpha value is -1.55. The minimum atomic E-state index is -0.0909. The van der Waals surface area contributed by atoms with E-state index in [2.05, 4.69) is 26.1 Å². The molecule has 0 spiro atoms. The molecule has 0 aliphatic carbocycles. The highest BCUT2D eigenvalue weighted by Gasteiger charge is 2.25. The summed E-state index contributed by atoms with van der Waals surface area (Å²) in [5, 5.41) is 12.2. The smallest absolute Gasteiger partial charge is 0.224 e. The number of carbonyl (C=O) groups excluding carboxylic acids is 1. The Morgan fingerprint density at radius 3 is 2.45 bits per heavy atom. The Labute approximate surface area is 133 Å². The van der Waals surface area contributed by atoms with E-state index in [9.17, 15) is 9.90 Å². The molecule has 1 atom stereocenters. The highest BCUT2D eigenvalue weighted by atomic mass is 16.5. The van der Waals surface area contributed by atoms with Gasteiger partial charge >= 0.3 is 0 Å². The largest absolute Gasteiger partial charge is 0.491 e. The van der Waals surface area contributed by atoms with Crippen molar-refractivity contribution in [3.8, 4) is 5.75 Å². The average molecular weight is 307 g/mol. The summed E-state index contributed by atoms with van der Waals surface area (Å²) in [5.74, 6) is 0.704. The van der Waals surface area contributed by atoms with Crippen LogP contribution in [-0.2, 0) is 11.2 Å². The van der Waals surface area contributed by atoms with Crippen molar-refractivity contribution in [2.75, 3.05) is 6.61 Å². The van der Waals surface area contributed by atoms with E-state index in [4.69, 9.17) is 4.74 Å². The molecule has 1 aromatic carbocycles. The number of para-hydroxylation sites is 1. The van der Waals surface area contributed by atoms with Gasteiger partial charge in [-0.3, -0.25) is 4.79 Å². The summed E-state index contributed by atoms with van der Waals surface area (Å²) in [5.41, 5.74) is 0.789. The van der Waals surface area contributed by atoms with Crippen LogP contribution >= 0.6 is 0 Å². The molecule has 0 saturated heterocycles. The van der Waals surface area contributed by atoms with Crippen molar-refractivity contribution in [2.45, 2.75) is 59.6 Å². The highest BCUT2D eigenvalue weighted by Crippen LogP contribution is 2.23. The number of nitrogens with one attached hydrogen (secondary N) is 1. The molecule has 0 heterocycles. The van der Waals surface area contributed by atoms with Crippen LogP contribution in [0.15, 0.2) is 24.3 Å². The summed E-state index contributed by atoms with van der Waals surface area (Å²) >= 11 is 0. The Kier molecular flexibility index (Phi) is 6.88. The summed E-state index contributed by atoms with van der Waals surface area (Å²) in [7, 11) is 0. The number of ether oxygens (including phenoxy) is 1. The van der Waals surface area contributed by atoms with Crippen LogP contribution in [-0.4, -0.2) is 29.8 Å². The number of hydrogen-bond donors (Lipinski definition) is 2. The molecule has 0 aliphatic heterocycles. The number of aliphatic hydroxyl groups is 1. The maximum Gasteiger partial charge on any atom is 0.224 e. The van der Waals surface area contributed by atoms with Gasteiger partial charge in [-0.15, -0.1) is 0 Å². The van der Waals surface area contributed by atoms with Gasteiger partial charge in [-0.25, -0.2) is 0 Å². The fourth-order valence-electron chi connectivity index (χ4n) is 2.29. The van der Waals surface area contributed by atoms with Gasteiger partial charge in [0.2, 0.25) is 5.91 Å². The zero-order valence-corrected chi connectivity index (χ0v) is 14.3. The number of benzene rings is 1. The molecule has 0 fully saturated rings. The van der Waals surface area contributed by atoms with Crippen LogP contribution in [0.25, 0.3) is 0 Å². The van der Waals surface area contributed by atoms with Gasteiger partial charge in [0.1, 0.15) is 5.75 Å². The molecule has 4 nitrogen and oxygen atoms in total. The number of rotatable bonds is 7. The monoisotopic (exact) mass is 307 g/mol. The predicted octanol–water partition coefficient (Wildman–Crippen LogP) is 2.93. The van der Waals surface area contributed by atoms with Crippen molar-refractivity contribution in [1.29, 1.82) is 0 Å². The van der Waals surface area contributed by atoms with Crippen molar-refractivity contribution in [2.24, 2.45) is 5.41 Å². The van der Waals surface area contributed by atoms with E-state index in [0.717, 1.165) is 11.3 Å². The molecule has 4 heteroatoms. The van der Waals surface area contributed by atoms with Gasteiger partial charge in [0.05, 0.1) is 12.5 Å². The molecular formula is C18H29NO3. The Morgan fingerprint density at radius 1 is 1.27 bits per heavy atom. The molecule has 0 radical (unpaired) electrons. The maximum atomic E-state index is 12.3. The fourth-order valence-corrected chi connectivity index (χ4v) is 2.29. The second-order valence-electron chi connectivity index (χ2n) is 6.95. The second kappa shape index (κ2) is 8.18. The molecule has 0 aromatic heterocycles. The molecular weight excluding hydrogens is 278 g/mol. The molecule has 0 bridgehead atoms. The summed E-state index contributed by atoms with van der Waals surface area (Å²) in [6.45, 7) is 10.2. The first-order valence-corrected chi connectivity index (χ1v) is 7.88. The van der Waals surface area contributed by atoms with Crippen molar-refractivity contribution < 1.29 is 14.6 Å². The number of aliphatic hydroxyl groups excluding tert-OH is 1. The van der Waals surface area contributed by atoms with E-state index in [1.807, 2.05) is 38.1 Å². The van der Waals surface area contributed by atoms with Gasteiger partial charge in [0.25, 0.3) is 0 Å². The van der Waals surface area contributed by atoms with Crippen LogP contribution in [0, 0.1) is 5.41 Å². The molecule has 0 aliphatic rings. The number of carbonyl (C=O) groups is 1. The molecule has 2 N–H and O–H groups in total. The lowest BCUT2D eigenvalue weighted by Gasteiger charge is -2.31. The van der Waals surface area contributed by atoms with Gasteiger partial charge in [-0.05, 0) is 31.7 Å². The minimum absolute atomic E-state index is 0.0480. The Morgan fingerprint density at radius 2 is 1.91 bits per heavy atom. The van der Waals surface area contributed by atoms with E-state index in [-0.39, 0.29) is 36.5 Å². The zero-order chi connectivity index (χ0) is 16.8. The van der Waals surface area contributed by atoms with Gasteiger partial charge in [-0.1, -0.05) is 39.0 Å². The maximum absolute atomic E-state index is 12.3. The van der Waals surface area contributed by atoms with E-state index in [0.29, 0.717) is 6.42 Å². The van der Waals surface area contributed by atoms with Crippen LogP contribution in [0.4, 0.5) is 0 Å². The van der Waals surface area contributed by atoms with Crippen LogP contribution in [0.2, 0.25) is 0 Å². The van der Waals surface area contributed by atoms with Crippen LogP contribution in [0.3, 0.4) is 0 Å². The topological polar surface area (TPSA) is 58.6 Å². The molecule has 124 valence electrons. The summed E-state index contributed by atoms with van der Waals surface area (Å²) in [4.78, 5) is 12.3. The van der Waals surface area contributed by atoms with E-state index in [1.165, 1.54) is 0 Å². The van der Waals surface area contributed by atoms with E-state index >= 15 is 0 Å². The molecule has 1 aromatic rings. The van der Waals surface area contributed by atoms with Crippen molar-refractivity contribution in [3.63, 3.8) is 0 Å². The standard InChI is InChI=1S/C18H29NO3/c1-13(2)22-15-9-7-6-8-14(15)12-17(21)19-16(10-11-20)18(3,4)5/h6-9,13,16,20H,10-12H2,1-5H3,(H,19,21). The van der Waals surface area contributed by atoms with Crippen LogP contribution in [0.1, 0.15) is 46.6 Å². The van der Waals surface area contributed by atoms with Crippen molar-refractivity contribution in [3.05, 3.63) is 29.8 Å². The lowest BCUT2D eigenvalue weighted by atomic mass is 9.85. The minimum Gasteiger partial charge on any atom is -0.491 e. The molecule has 1 unspecified atom stereocenters. The third kappa shape index (κ3) is 6.06. The van der Waals surface area contributed by atoms with Gasteiger partial charge in [0.15, 0.2) is 0 Å². The summed E-state index contributed by atoms with van der Waals surface area (Å²) in [6.07, 6.45) is 0.904. The van der Waals surface area contributed by atoms with Crippen LogP contribution in [0.5, 0.6) is 5.75 Å². The predicted molar refractivity (Wildman–Crippen MR) is 89.0 cm³/mol. The first-order chi connectivity index (χ1) is 10.2. The van der Waals surface area contributed by atoms with Crippen molar-refractivity contribution in [1.82, 2.24) is 5.32 Å². The summed E-state index contributed by atoms with van der Waals surface area (Å²) < 4.78 is 5.75. The average Bonchev–Trinajstić information content (AvgIpc) is 2.39. The molecule has 1 amide bonds. The fraction of sp³-hybridized carbons (Fsp3) is 0.611. The summed E-state index contributed by atoms with van der Waals surface area (Å²) in [6, 6.07) is 7.56. The third-order valence-corrected chi connectivity index (χ3v) is 3.48. The second-order valence-corrected chi connectivity index (χ2v) is 6.95. The number of hydrogen-bond acceptors (Lipinski definition) is 3. The van der Waals surface area contributed by atoms with Crippen LogP contribution < -0.4 is 10.1 Å². The quantitative estimate of drug-likeness (QED) is 0.814. The zero-order valence-electron chi connectivity index (χ0n) is 14.3. The lowest BCUT2D eigenvalue weighted by molar-refractivity contribution is -0.122. The molecule has 0 saturated carbocycles. The highest BCUT2D eigenvalue weighted by molar-refractivity contribution is 5.79. The van der Waals surface area contributed by atoms with Gasteiger partial charge < -0.3 is 15.2 Å². The Balaban J connectivity index is 2.76. The van der Waals surface area contributed by atoms with Gasteiger partial charge in [-0.2, -0.15) is 0 Å². The number of amides is 1. The first kappa shape index (κ1) is 18.5. The third-order valence-electron chi connectivity index (χ3n) is 3.48. The van der Waals surface area contributed by atoms with E-state index < -0.39 is 0 Å². The Bertz CT molecular complexity index is 477. The lowest BCUT2D eigenvalue weighted by Crippen LogP contribution is -2.44. The molecule has 1 rings (SSSR count). The van der Waals surface area contributed by atoms with Gasteiger partial charge in [0, 0.05) is 18.2 Å². The normalized spacial score (nSPS) is 13.0. The van der Waals surface area contributed by atoms with E-state index in [1.54, 1.807) is 0 Å². The SMILES string of the molecule is CC(C)Oc1ccccc1CC(=O)NC(CCO)C(C)(C)C.